The number of nitrogens with one attached hydrogen (secondary N) is 1. The van der Waals surface area contributed by atoms with Crippen LogP contribution < -0.4 is 5.32 Å². The van der Waals surface area contributed by atoms with Crippen LogP contribution in [0, 0.1) is 0 Å². The zero-order chi connectivity index (χ0) is 14.6. The van der Waals surface area contributed by atoms with E-state index < -0.39 is 0 Å². The van der Waals surface area contributed by atoms with E-state index in [9.17, 15) is 0 Å². The van der Waals surface area contributed by atoms with Gasteiger partial charge in [-0.1, -0.05) is 19.8 Å². The van der Waals surface area contributed by atoms with E-state index >= 15 is 0 Å². The molecular weight excluding hydrogens is 248 g/mol. The summed E-state index contributed by atoms with van der Waals surface area (Å²) in [7, 11) is 4.46. The van der Waals surface area contributed by atoms with Crippen molar-refractivity contribution in [3.8, 4) is 0 Å². The van der Waals surface area contributed by atoms with Gasteiger partial charge >= 0.3 is 0 Å². The third kappa shape index (κ3) is 2.91. The van der Waals surface area contributed by atoms with Crippen LogP contribution in [0.1, 0.15) is 57.6 Å². The number of aromatic nitrogens is 2. The predicted octanol–water partition coefficient (Wildman–Crippen LogP) is 2.82. The SMILES string of the molecule is CCCNC(c1cnn(CC)c1)C1(N(C)C)CCCC1. The number of aryl methyl sites for hydroxylation is 1. The van der Waals surface area contributed by atoms with Crippen LogP contribution in [0.4, 0.5) is 0 Å². The molecule has 1 fully saturated rings. The lowest BCUT2D eigenvalue weighted by atomic mass is 9.83. The molecule has 1 unspecified atom stereocenters. The van der Waals surface area contributed by atoms with Crippen molar-refractivity contribution in [2.75, 3.05) is 20.6 Å². The number of rotatable bonds is 7. The molecule has 114 valence electrons. The van der Waals surface area contributed by atoms with E-state index in [4.69, 9.17) is 0 Å². The topological polar surface area (TPSA) is 33.1 Å². The monoisotopic (exact) mass is 278 g/mol. The van der Waals surface area contributed by atoms with Gasteiger partial charge in [0.25, 0.3) is 0 Å². The van der Waals surface area contributed by atoms with Gasteiger partial charge in [-0.05, 0) is 46.8 Å². The molecule has 1 aliphatic rings. The number of hydrogen-bond donors (Lipinski definition) is 1. The number of likely N-dealkylation sites (N-methyl/N-ethyl adjacent to an activating group) is 1. The molecule has 0 radical (unpaired) electrons. The van der Waals surface area contributed by atoms with Gasteiger partial charge in [0.15, 0.2) is 0 Å². The molecule has 0 spiro atoms. The average Bonchev–Trinajstić information content (AvgIpc) is 3.08. The summed E-state index contributed by atoms with van der Waals surface area (Å²) in [5.41, 5.74) is 1.59. The van der Waals surface area contributed by atoms with Gasteiger partial charge in [0, 0.05) is 23.8 Å². The van der Waals surface area contributed by atoms with Crippen molar-refractivity contribution in [2.24, 2.45) is 0 Å². The molecule has 1 N–H and O–H groups in total. The number of hydrogen-bond acceptors (Lipinski definition) is 3. The van der Waals surface area contributed by atoms with Crippen molar-refractivity contribution in [1.82, 2.24) is 20.0 Å². The lowest BCUT2D eigenvalue weighted by molar-refractivity contribution is 0.104. The fraction of sp³-hybridized carbons (Fsp3) is 0.812. The zero-order valence-corrected chi connectivity index (χ0v) is 13.5. The van der Waals surface area contributed by atoms with Gasteiger partial charge in [-0.2, -0.15) is 5.10 Å². The Labute approximate surface area is 123 Å². The molecule has 0 amide bonds. The maximum atomic E-state index is 4.48. The summed E-state index contributed by atoms with van der Waals surface area (Å²) in [5, 5.41) is 8.28. The first-order valence-electron chi connectivity index (χ1n) is 8.07. The Morgan fingerprint density at radius 2 is 2.05 bits per heavy atom. The standard InChI is InChI=1S/C16H30N4/c1-5-11-17-15(14-12-18-20(6-2)13-14)16(19(3)4)9-7-8-10-16/h12-13,15,17H,5-11H2,1-4H3. The Kier molecular flexibility index (Phi) is 5.22. The average molecular weight is 278 g/mol. The smallest absolute Gasteiger partial charge is 0.0538 e. The van der Waals surface area contributed by atoms with Crippen molar-refractivity contribution in [3.63, 3.8) is 0 Å². The van der Waals surface area contributed by atoms with Crippen LogP contribution in [0.25, 0.3) is 0 Å². The Hall–Kier alpha value is -0.870. The van der Waals surface area contributed by atoms with Gasteiger partial charge in [-0.3, -0.25) is 4.68 Å². The Balaban J connectivity index is 2.30. The second-order valence-electron chi connectivity index (χ2n) is 6.22. The Morgan fingerprint density at radius 1 is 1.35 bits per heavy atom. The summed E-state index contributed by atoms with van der Waals surface area (Å²) in [4.78, 5) is 2.44. The van der Waals surface area contributed by atoms with Crippen LogP contribution in [0.3, 0.4) is 0 Å². The first kappa shape index (κ1) is 15.5. The lowest BCUT2D eigenvalue weighted by Gasteiger charge is -2.43. The molecule has 1 aromatic rings. The molecule has 1 saturated carbocycles. The van der Waals surface area contributed by atoms with Crippen LogP contribution in [0.5, 0.6) is 0 Å². The highest BCUT2D eigenvalue weighted by Gasteiger charge is 2.44. The minimum atomic E-state index is 0.247. The molecule has 0 bridgehead atoms. The molecule has 1 aliphatic carbocycles. The molecule has 20 heavy (non-hydrogen) atoms. The van der Waals surface area contributed by atoms with E-state index in [0.717, 1.165) is 13.1 Å². The van der Waals surface area contributed by atoms with Crippen LogP contribution in [0.15, 0.2) is 12.4 Å². The second kappa shape index (κ2) is 6.72. The molecule has 4 heteroatoms. The third-order valence-electron chi connectivity index (χ3n) is 4.81. The maximum absolute atomic E-state index is 4.48. The van der Waals surface area contributed by atoms with E-state index in [2.05, 4.69) is 55.7 Å². The van der Waals surface area contributed by atoms with E-state index in [1.54, 1.807) is 0 Å². The van der Waals surface area contributed by atoms with Gasteiger partial charge in [-0.15, -0.1) is 0 Å². The quantitative estimate of drug-likeness (QED) is 0.832. The second-order valence-corrected chi connectivity index (χ2v) is 6.22. The van der Waals surface area contributed by atoms with Crippen molar-refractivity contribution >= 4 is 0 Å². The highest BCUT2D eigenvalue weighted by atomic mass is 15.3. The molecule has 1 heterocycles. The van der Waals surface area contributed by atoms with Crippen LogP contribution >= 0.6 is 0 Å². The summed E-state index contributed by atoms with van der Waals surface area (Å²) in [6, 6.07) is 0.389. The largest absolute Gasteiger partial charge is 0.308 e. The van der Waals surface area contributed by atoms with Gasteiger partial charge in [0.05, 0.1) is 12.2 Å². The van der Waals surface area contributed by atoms with Gasteiger partial charge in [0.2, 0.25) is 0 Å². The summed E-state index contributed by atoms with van der Waals surface area (Å²) in [6.07, 6.45) is 10.7. The Bertz CT molecular complexity index is 404. The maximum Gasteiger partial charge on any atom is 0.0538 e. The molecule has 0 saturated heterocycles. The molecule has 2 rings (SSSR count). The van der Waals surface area contributed by atoms with Crippen LogP contribution in [-0.2, 0) is 6.54 Å². The summed E-state index contributed by atoms with van der Waals surface area (Å²) < 4.78 is 2.04. The van der Waals surface area contributed by atoms with E-state index in [0.29, 0.717) is 6.04 Å². The van der Waals surface area contributed by atoms with Gasteiger partial charge < -0.3 is 10.2 Å². The minimum Gasteiger partial charge on any atom is -0.308 e. The molecular formula is C16H30N4. The van der Waals surface area contributed by atoms with Crippen molar-refractivity contribution in [2.45, 2.75) is 64.1 Å². The first-order chi connectivity index (χ1) is 9.64. The fourth-order valence-corrected chi connectivity index (χ4v) is 3.59. The van der Waals surface area contributed by atoms with Crippen molar-refractivity contribution in [1.29, 1.82) is 0 Å². The highest BCUT2D eigenvalue weighted by Crippen LogP contribution is 2.43. The number of nitrogens with zero attached hydrogens (tertiary/aromatic N) is 3. The molecule has 1 aromatic heterocycles. The third-order valence-corrected chi connectivity index (χ3v) is 4.81. The van der Waals surface area contributed by atoms with E-state index in [1.165, 1.54) is 37.7 Å². The van der Waals surface area contributed by atoms with Crippen molar-refractivity contribution in [3.05, 3.63) is 18.0 Å². The minimum absolute atomic E-state index is 0.247. The molecule has 1 atom stereocenters. The van der Waals surface area contributed by atoms with Gasteiger partial charge in [-0.25, -0.2) is 0 Å². The first-order valence-corrected chi connectivity index (χ1v) is 8.07. The van der Waals surface area contributed by atoms with E-state index in [-0.39, 0.29) is 5.54 Å². The predicted molar refractivity (Wildman–Crippen MR) is 83.8 cm³/mol. The van der Waals surface area contributed by atoms with E-state index in [1.807, 2.05) is 4.68 Å². The fourth-order valence-electron chi connectivity index (χ4n) is 3.59. The lowest BCUT2D eigenvalue weighted by Crippen LogP contribution is -2.52. The zero-order valence-electron chi connectivity index (χ0n) is 13.5. The highest BCUT2D eigenvalue weighted by molar-refractivity contribution is 5.19. The van der Waals surface area contributed by atoms with Crippen LogP contribution in [-0.4, -0.2) is 40.9 Å². The summed E-state index contributed by atoms with van der Waals surface area (Å²) in [5.74, 6) is 0. The Morgan fingerprint density at radius 3 is 2.55 bits per heavy atom. The van der Waals surface area contributed by atoms with Crippen molar-refractivity contribution < 1.29 is 0 Å². The van der Waals surface area contributed by atoms with Crippen LogP contribution in [0.2, 0.25) is 0 Å². The summed E-state index contributed by atoms with van der Waals surface area (Å²) >= 11 is 0. The molecule has 0 aromatic carbocycles. The normalized spacial score (nSPS) is 19.6. The molecule has 0 aliphatic heterocycles. The van der Waals surface area contributed by atoms with Gasteiger partial charge in [0.1, 0.15) is 0 Å². The summed E-state index contributed by atoms with van der Waals surface area (Å²) in [6.45, 7) is 6.38. The molecule has 4 nitrogen and oxygen atoms in total.